The zero-order valence-corrected chi connectivity index (χ0v) is 8.26. The van der Waals surface area contributed by atoms with Crippen LogP contribution >= 0.6 is 11.6 Å². The van der Waals surface area contributed by atoms with Gasteiger partial charge >= 0.3 is 0 Å². The average molecular weight is 192 g/mol. The quantitative estimate of drug-likeness (QED) is 0.681. The van der Waals surface area contributed by atoms with Crippen molar-refractivity contribution in [3.8, 4) is 0 Å². The summed E-state index contributed by atoms with van der Waals surface area (Å²) in [6.45, 7) is 2.45. The van der Waals surface area contributed by atoms with Gasteiger partial charge in [-0.25, -0.2) is 0 Å². The van der Waals surface area contributed by atoms with Crippen molar-refractivity contribution in [3.05, 3.63) is 0 Å². The fourth-order valence-corrected chi connectivity index (χ4v) is 2.16. The molecule has 1 fully saturated rings. The van der Waals surface area contributed by atoms with Gasteiger partial charge in [0.2, 0.25) is 0 Å². The maximum Gasteiger partial charge on any atom is 0.0445 e. The number of aliphatic hydroxyl groups excluding tert-OH is 1. The molecule has 2 nitrogen and oxygen atoms in total. The second-order valence-corrected chi connectivity index (χ2v) is 3.76. The van der Waals surface area contributed by atoms with Gasteiger partial charge in [0.25, 0.3) is 0 Å². The van der Waals surface area contributed by atoms with Gasteiger partial charge in [-0.3, -0.25) is 4.90 Å². The fourth-order valence-electron chi connectivity index (χ4n) is 1.94. The highest BCUT2D eigenvalue weighted by atomic mass is 35.5. The zero-order chi connectivity index (χ0) is 8.81. The Labute approximate surface area is 79.5 Å². The lowest BCUT2D eigenvalue weighted by Crippen LogP contribution is -2.41. The molecule has 1 aliphatic rings. The van der Waals surface area contributed by atoms with E-state index < -0.39 is 0 Å². The summed E-state index contributed by atoms with van der Waals surface area (Å²) in [5.74, 6) is 0.710. The van der Waals surface area contributed by atoms with Gasteiger partial charge in [-0.05, 0) is 25.8 Å². The molecule has 0 amide bonds. The Balaban J connectivity index is 2.31. The maximum absolute atomic E-state index is 8.84. The number of piperidine rings is 1. The number of aliphatic hydroxyl groups is 1. The van der Waals surface area contributed by atoms with Crippen molar-refractivity contribution >= 4 is 11.6 Å². The Morgan fingerprint density at radius 2 is 2.25 bits per heavy atom. The minimum atomic E-state index is 0.309. The van der Waals surface area contributed by atoms with Crippen molar-refractivity contribution in [3.63, 3.8) is 0 Å². The van der Waals surface area contributed by atoms with E-state index in [0.717, 1.165) is 19.5 Å². The lowest BCUT2D eigenvalue weighted by Gasteiger charge is -2.34. The molecule has 0 saturated carbocycles. The number of alkyl halides is 1. The molecule has 1 N–H and O–H groups in total. The number of likely N-dealkylation sites (tertiary alicyclic amines) is 1. The first kappa shape index (κ1) is 10.3. The Morgan fingerprint density at radius 3 is 2.92 bits per heavy atom. The summed E-state index contributed by atoms with van der Waals surface area (Å²) in [4.78, 5) is 2.41. The van der Waals surface area contributed by atoms with Gasteiger partial charge in [0.15, 0.2) is 0 Å². The van der Waals surface area contributed by atoms with Crippen LogP contribution in [0, 0.1) is 0 Å². The second kappa shape index (κ2) is 5.79. The largest absolute Gasteiger partial charge is 0.396 e. The molecule has 1 aliphatic heterocycles. The van der Waals surface area contributed by atoms with Crippen LogP contribution in [0.3, 0.4) is 0 Å². The first-order valence-corrected chi connectivity index (χ1v) is 5.33. The molecule has 12 heavy (non-hydrogen) atoms. The summed E-state index contributed by atoms with van der Waals surface area (Å²) in [6.07, 6.45) is 4.75. The van der Waals surface area contributed by atoms with Crippen molar-refractivity contribution in [1.82, 2.24) is 4.90 Å². The highest BCUT2D eigenvalue weighted by Gasteiger charge is 2.20. The number of hydrogen-bond acceptors (Lipinski definition) is 2. The number of rotatable bonds is 4. The first-order chi connectivity index (χ1) is 5.88. The predicted molar refractivity (Wildman–Crippen MR) is 51.6 cm³/mol. The number of nitrogens with zero attached hydrogens (tertiary/aromatic N) is 1. The molecular weight excluding hydrogens is 174 g/mol. The van der Waals surface area contributed by atoms with Gasteiger partial charge in [0.1, 0.15) is 0 Å². The molecule has 3 heteroatoms. The smallest absolute Gasteiger partial charge is 0.0445 e. The Hall–Kier alpha value is 0.210. The minimum Gasteiger partial charge on any atom is -0.396 e. The Kier molecular flexibility index (Phi) is 4.96. The Morgan fingerprint density at radius 1 is 1.42 bits per heavy atom. The Bertz CT molecular complexity index is 103. The van der Waals surface area contributed by atoms with Crippen molar-refractivity contribution in [2.24, 2.45) is 0 Å². The maximum atomic E-state index is 8.84. The van der Waals surface area contributed by atoms with Crippen LogP contribution in [-0.2, 0) is 0 Å². The molecule has 0 radical (unpaired) electrons. The minimum absolute atomic E-state index is 0.309. The molecule has 1 atom stereocenters. The molecule has 0 aromatic rings. The molecule has 0 bridgehead atoms. The van der Waals surface area contributed by atoms with Crippen LogP contribution in [0.5, 0.6) is 0 Å². The van der Waals surface area contributed by atoms with Gasteiger partial charge in [-0.15, -0.1) is 11.6 Å². The van der Waals surface area contributed by atoms with E-state index >= 15 is 0 Å². The van der Waals surface area contributed by atoms with Crippen LogP contribution in [-0.4, -0.2) is 41.6 Å². The van der Waals surface area contributed by atoms with Crippen molar-refractivity contribution in [1.29, 1.82) is 0 Å². The monoisotopic (exact) mass is 191 g/mol. The molecule has 0 aromatic heterocycles. The average Bonchev–Trinajstić information content (AvgIpc) is 2.09. The van der Waals surface area contributed by atoms with E-state index in [0.29, 0.717) is 18.5 Å². The lowest BCUT2D eigenvalue weighted by molar-refractivity contribution is 0.126. The fraction of sp³-hybridized carbons (Fsp3) is 1.00. The number of halogens is 1. The van der Waals surface area contributed by atoms with Crippen LogP contribution in [0.25, 0.3) is 0 Å². The summed E-state index contributed by atoms with van der Waals surface area (Å²) >= 11 is 5.70. The van der Waals surface area contributed by atoms with Crippen LogP contribution in [0.2, 0.25) is 0 Å². The molecule has 1 rings (SSSR count). The van der Waals surface area contributed by atoms with Gasteiger partial charge in [-0.1, -0.05) is 6.42 Å². The third-order valence-corrected chi connectivity index (χ3v) is 2.75. The molecule has 1 saturated heterocycles. The predicted octanol–water partition coefficient (Wildman–Crippen LogP) is 1.46. The standard InChI is InChI=1S/C9H18ClNO/c10-5-7-11-6-2-1-3-9(11)4-8-12/h9,12H,1-8H2. The third kappa shape index (κ3) is 2.92. The van der Waals surface area contributed by atoms with E-state index in [4.69, 9.17) is 16.7 Å². The van der Waals surface area contributed by atoms with E-state index in [1.807, 2.05) is 0 Å². The van der Waals surface area contributed by atoms with E-state index in [9.17, 15) is 0 Å². The van der Waals surface area contributed by atoms with Crippen LogP contribution in [0.15, 0.2) is 0 Å². The van der Waals surface area contributed by atoms with Crippen LogP contribution in [0.4, 0.5) is 0 Å². The van der Waals surface area contributed by atoms with Crippen LogP contribution < -0.4 is 0 Å². The molecule has 0 aliphatic carbocycles. The molecular formula is C9H18ClNO. The normalized spacial score (nSPS) is 26.0. The summed E-state index contributed by atoms with van der Waals surface area (Å²) in [6, 6.07) is 0.586. The SMILES string of the molecule is OCCC1CCCCN1CCCl. The zero-order valence-electron chi connectivity index (χ0n) is 7.51. The summed E-state index contributed by atoms with van der Waals surface area (Å²) in [7, 11) is 0. The van der Waals surface area contributed by atoms with Crippen molar-refractivity contribution in [2.45, 2.75) is 31.7 Å². The highest BCUT2D eigenvalue weighted by molar-refractivity contribution is 6.18. The van der Waals surface area contributed by atoms with E-state index in [1.54, 1.807) is 0 Å². The van der Waals surface area contributed by atoms with E-state index in [2.05, 4.69) is 4.90 Å². The lowest BCUT2D eigenvalue weighted by atomic mass is 10.00. The highest BCUT2D eigenvalue weighted by Crippen LogP contribution is 2.18. The number of hydrogen-bond donors (Lipinski definition) is 1. The molecule has 72 valence electrons. The van der Waals surface area contributed by atoms with Gasteiger partial charge in [0, 0.05) is 25.1 Å². The molecule has 1 heterocycles. The van der Waals surface area contributed by atoms with Crippen LogP contribution in [0.1, 0.15) is 25.7 Å². The topological polar surface area (TPSA) is 23.5 Å². The molecule has 0 spiro atoms. The van der Waals surface area contributed by atoms with Crippen molar-refractivity contribution < 1.29 is 5.11 Å². The third-order valence-electron chi connectivity index (χ3n) is 2.58. The van der Waals surface area contributed by atoms with Gasteiger partial charge in [-0.2, -0.15) is 0 Å². The van der Waals surface area contributed by atoms with Gasteiger partial charge in [0.05, 0.1) is 0 Å². The van der Waals surface area contributed by atoms with Crippen molar-refractivity contribution in [2.75, 3.05) is 25.6 Å². The first-order valence-electron chi connectivity index (χ1n) is 4.79. The summed E-state index contributed by atoms with van der Waals surface area (Å²) in [5, 5.41) is 8.84. The second-order valence-electron chi connectivity index (χ2n) is 3.39. The van der Waals surface area contributed by atoms with E-state index in [-0.39, 0.29) is 0 Å². The summed E-state index contributed by atoms with van der Waals surface area (Å²) in [5.41, 5.74) is 0. The van der Waals surface area contributed by atoms with Gasteiger partial charge < -0.3 is 5.11 Å². The van der Waals surface area contributed by atoms with E-state index in [1.165, 1.54) is 19.3 Å². The summed E-state index contributed by atoms with van der Waals surface area (Å²) < 4.78 is 0. The molecule has 0 aromatic carbocycles. The molecule has 1 unspecified atom stereocenters.